The van der Waals surface area contributed by atoms with Gasteiger partial charge in [-0.3, -0.25) is 14.5 Å². The number of imide groups is 1. The van der Waals surface area contributed by atoms with Gasteiger partial charge in [0.25, 0.3) is 5.91 Å². The third kappa shape index (κ3) is 2.91. The highest BCUT2D eigenvalue weighted by molar-refractivity contribution is 7.12. The van der Waals surface area contributed by atoms with Crippen LogP contribution >= 0.6 is 11.3 Å². The van der Waals surface area contributed by atoms with Crippen molar-refractivity contribution in [3.05, 3.63) is 52.2 Å². The lowest BCUT2D eigenvalue weighted by Gasteiger charge is -2.25. The summed E-state index contributed by atoms with van der Waals surface area (Å²) in [4.78, 5) is 39.2. The van der Waals surface area contributed by atoms with Gasteiger partial charge in [0.05, 0.1) is 18.5 Å². The van der Waals surface area contributed by atoms with Gasteiger partial charge in [-0.1, -0.05) is 25.1 Å². The van der Waals surface area contributed by atoms with Crippen molar-refractivity contribution in [2.75, 3.05) is 13.7 Å². The summed E-state index contributed by atoms with van der Waals surface area (Å²) in [5.74, 6) is 0.00621. The molecule has 1 atom stereocenters. The molecule has 1 aromatic heterocycles. The van der Waals surface area contributed by atoms with Crippen molar-refractivity contribution in [1.82, 2.24) is 10.2 Å². The number of ether oxygens (including phenoxy) is 1. The second-order valence-corrected chi connectivity index (χ2v) is 6.66. The molecule has 0 aliphatic carbocycles. The minimum Gasteiger partial charge on any atom is -0.497 e. The van der Waals surface area contributed by atoms with Gasteiger partial charge in [-0.15, -0.1) is 11.3 Å². The molecule has 130 valence electrons. The maximum atomic E-state index is 13.0. The fourth-order valence-electron chi connectivity index (χ4n) is 2.94. The zero-order chi connectivity index (χ0) is 18.0. The fraction of sp³-hybridized carbons (Fsp3) is 0.278. The minimum atomic E-state index is -1.15. The van der Waals surface area contributed by atoms with Gasteiger partial charge in [-0.25, -0.2) is 4.79 Å². The van der Waals surface area contributed by atoms with Crippen LogP contribution in [0.5, 0.6) is 5.75 Å². The van der Waals surface area contributed by atoms with Crippen molar-refractivity contribution in [2.45, 2.75) is 18.9 Å². The molecule has 3 rings (SSSR count). The minimum absolute atomic E-state index is 0.250. The molecule has 2 heterocycles. The topological polar surface area (TPSA) is 75.7 Å². The van der Waals surface area contributed by atoms with E-state index in [-0.39, 0.29) is 12.3 Å². The van der Waals surface area contributed by atoms with Crippen LogP contribution < -0.4 is 10.1 Å². The summed E-state index contributed by atoms with van der Waals surface area (Å²) in [6.07, 6.45) is 0.383. The van der Waals surface area contributed by atoms with Crippen molar-refractivity contribution in [1.29, 1.82) is 0 Å². The van der Waals surface area contributed by atoms with Crippen molar-refractivity contribution in [3.63, 3.8) is 0 Å². The van der Waals surface area contributed by atoms with Crippen molar-refractivity contribution < 1.29 is 19.1 Å². The largest absolute Gasteiger partial charge is 0.497 e. The van der Waals surface area contributed by atoms with E-state index in [4.69, 9.17) is 4.74 Å². The van der Waals surface area contributed by atoms with Gasteiger partial charge < -0.3 is 10.1 Å². The SMILES string of the molecule is CCC1(c2ccc(OC)cc2)NC(=O)N(CC(=O)c2cccs2)C1=O. The Bertz CT molecular complexity index is 801. The highest BCUT2D eigenvalue weighted by Gasteiger charge is 2.51. The van der Waals surface area contributed by atoms with Crippen molar-refractivity contribution in [3.8, 4) is 5.75 Å². The number of ketones is 1. The van der Waals surface area contributed by atoms with Gasteiger partial charge in [0.2, 0.25) is 0 Å². The normalized spacial score (nSPS) is 19.8. The molecule has 6 nitrogen and oxygen atoms in total. The van der Waals surface area contributed by atoms with E-state index < -0.39 is 17.5 Å². The van der Waals surface area contributed by atoms with E-state index >= 15 is 0 Å². The molecule has 1 aliphatic rings. The average molecular weight is 358 g/mol. The van der Waals surface area contributed by atoms with E-state index in [0.29, 0.717) is 22.6 Å². The van der Waals surface area contributed by atoms with Gasteiger partial charge in [0.15, 0.2) is 5.78 Å². The Balaban J connectivity index is 1.88. The Hall–Kier alpha value is -2.67. The highest BCUT2D eigenvalue weighted by atomic mass is 32.1. The summed E-state index contributed by atoms with van der Waals surface area (Å²) >= 11 is 1.29. The zero-order valence-electron chi connectivity index (χ0n) is 13.9. The summed E-state index contributed by atoms with van der Waals surface area (Å²) in [5.41, 5.74) is -0.487. The van der Waals surface area contributed by atoms with E-state index in [9.17, 15) is 14.4 Å². The Morgan fingerprint density at radius 1 is 1.24 bits per heavy atom. The van der Waals surface area contributed by atoms with Crippen LogP contribution in [0.4, 0.5) is 4.79 Å². The first-order valence-electron chi connectivity index (χ1n) is 7.87. The van der Waals surface area contributed by atoms with Crippen LogP contribution in [0, 0.1) is 0 Å². The Morgan fingerprint density at radius 3 is 2.52 bits per heavy atom. The van der Waals surface area contributed by atoms with Crippen molar-refractivity contribution >= 4 is 29.1 Å². The molecular formula is C18H18N2O4S. The molecule has 2 aromatic rings. The summed E-state index contributed by atoms with van der Waals surface area (Å²) < 4.78 is 5.14. The van der Waals surface area contributed by atoms with Crippen LogP contribution in [-0.2, 0) is 10.3 Å². The number of Topliss-reactive ketones (excluding diaryl/α,β-unsaturated/α-hetero) is 1. The standard InChI is InChI=1S/C18H18N2O4S/c1-3-18(12-6-8-13(24-2)9-7-12)16(22)20(17(23)19-18)11-14(21)15-5-4-10-25-15/h4-10H,3,11H2,1-2H3,(H,19,23). The number of carbonyl (C=O) groups excluding carboxylic acids is 3. The quantitative estimate of drug-likeness (QED) is 0.636. The third-order valence-electron chi connectivity index (χ3n) is 4.39. The second-order valence-electron chi connectivity index (χ2n) is 5.71. The van der Waals surface area contributed by atoms with E-state index in [1.807, 2.05) is 6.92 Å². The van der Waals surface area contributed by atoms with Gasteiger partial charge in [-0.2, -0.15) is 0 Å². The Kier molecular flexibility index (Phi) is 4.59. The van der Waals surface area contributed by atoms with Crippen LogP contribution in [0.2, 0.25) is 0 Å². The molecule has 0 bridgehead atoms. The number of nitrogens with zero attached hydrogens (tertiary/aromatic N) is 1. The molecule has 3 amide bonds. The first-order chi connectivity index (χ1) is 12.0. The molecule has 1 N–H and O–H groups in total. The smallest absolute Gasteiger partial charge is 0.325 e. The molecule has 0 saturated carbocycles. The molecule has 7 heteroatoms. The van der Waals surface area contributed by atoms with E-state index in [1.165, 1.54) is 11.3 Å². The van der Waals surface area contributed by atoms with Crippen molar-refractivity contribution in [2.24, 2.45) is 0 Å². The molecule has 1 unspecified atom stereocenters. The van der Waals surface area contributed by atoms with E-state index in [1.54, 1.807) is 48.9 Å². The zero-order valence-corrected chi connectivity index (χ0v) is 14.8. The monoisotopic (exact) mass is 358 g/mol. The summed E-state index contributed by atoms with van der Waals surface area (Å²) in [6.45, 7) is 1.57. The number of carbonyl (C=O) groups is 3. The predicted octanol–water partition coefficient (Wildman–Crippen LogP) is 2.80. The van der Waals surface area contributed by atoms with Gasteiger partial charge >= 0.3 is 6.03 Å². The van der Waals surface area contributed by atoms with E-state index in [2.05, 4.69) is 5.32 Å². The molecule has 0 spiro atoms. The van der Waals surface area contributed by atoms with Crippen LogP contribution in [0.3, 0.4) is 0 Å². The predicted molar refractivity (Wildman–Crippen MR) is 93.9 cm³/mol. The van der Waals surface area contributed by atoms with Gasteiger partial charge in [0, 0.05) is 0 Å². The maximum Gasteiger partial charge on any atom is 0.325 e. The van der Waals surface area contributed by atoms with E-state index in [0.717, 1.165) is 4.90 Å². The molecule has 1 aromatic carbocycles. The van der Waals surface area contributed by atoms with Crippen LogP contribution in [0.25, 0.3) is 0 Å². The summed E-state index contributed by atoms with van der Waals surface area (Å²) in [7, 11) is 1.56. The second kappa shape index (κ2) is 6.68. The maximum absolute atomic E-state index is 13.0. The number of methoxy groups -OCH3 is 1. The number of hydrogen-bond acceptors (Lipinski definition) is 5. The Morgan fingerprint density at radius 2 is 1.96 bits per heavy atom. The van der Waals surface area contributed by atoms with Gasteiger partial charge in [0.1, 0.15) is 11.3 Å². The first kappa shape index (κ1) is 17.2. The third-order valence-corrected chi connectivity index (χ3v) is 5.30. The molecule has 1 saturated heterocycles. The summed E-state index contributed by atoms with van der Waals surface area (Å²) in [6, 6.07) is 9.89. The lowest BCUT2D eigenvalue weighted by atomic mass is 9.87. The first-order valence-corrected chi connectivity index (χ1v) is 8.75. The summed E-state index contributed by atoms with van der Waals surface area (Å²) in [5, 5.41) is 4.55. The average Bonchev–Trinajstić information content (AvgIpc) is 3.25. The van der Waals surface area contributed by atoms with Crippen LogP contribution in [0.15, 0.2) is 41.8 Å². The lowest BCUT2D eigenvalue weighted by Crippen LogP contribution is -2.43. The molecular weight excluding hydrogens is 340 g/mol. The number of amides is 3. The highest BCUT2D eigenvalue weighted by Crippen LogP contribution is 2.33. The number of nitrogens with one attached hydrogen (secondary N) is 1. The lowest BCUT2D eigenvalue weighted by molar-refractivity contribution is -0.131. The number of benzene rings is 1. The van der Waals surface area contributed by atoms with Gasteiger partial charge in [-0.05, 0) is 35.6 Å². The van der Waals surface area contributed by atoms with Crippen LogP contribution in [0.1, 0.15) is 28.6 Å². The number of thiophene rings is 1. The Labute approximate surface area is 149 Å². The van der Waals surface area contributed by atoms with Crippen LogP contribution in [-0.4, -0.2) is 36.3 Å². The molecule has 1 fully saturated rings. The molecule has 25 heavy (non-hydrogen) atoms. The number of urea groups is 1. The molecule has 1 aliphatic heterocycles. The number of hydrogen-bond donors (Lipinski definition) is 1. The number of rotatable bonds is 6. The molecule has 0 radical (unpaired) electrons. The fourth-order valence-corrected chi connectivity index (χ4v) is 3.60.